The van der Waals surface area contributed by atoms with Gasteiger partial charge in [0, 0.05) is 24.5 Å². The highest BCUT2D eigenvalue weighted by Crippen LogP contribution is 2.13. The second-order valence-electron chi connectivity index (χ2n) is 6.48. The number of amides is 1. The van der Waals surface area contributed by atoms with Gasteiger partial charge in [0.05, 0.1) is 11.3 Å². The Hall–Kier alpha value is -2.63. The van der Waals surface area contributed by atoms with Gasteiger partial charge in [-0.3, -0.25) is 4.79 Å². The predicted octanol–water partition coefficient (Wildman–Crippen LogP) is 3.06. The first-order valence-electron chi connectivity index (χ1n) is 8.44. The Morgan fingerprint density at radius 1 is 1.04 bits per heavy atom. The van der Waals surface area contributed by atoms with Crippen LogP contribution in [0.4, 0.5) is 0 Å². The molecule has 0 saturated carbocycles. The third-order valence-electron chi connectivity index (χ3n) is 3.87. The number of aromatic nitrogens is 2. The smallest absolute Gasteiger partial charge is 0.338 e. The number of hydrogen-bond acceptors (Lipinski definition) is 4. The SMILES string of the molecule is CC(OC(=O)c1ccc(-n2cccn2)cc1)C(=O)N(C(C)C)C(C)C. The van der Waals surface area contributed by atoms with Crippen LogP contribution in [0.5, 0.6) is 0 Å². The molecule has 2 rings (SSSR count). The van der Waals surface area contributed by atoms with Crippen LogP contribution < -0.4 is 0 Å². The average molecular weight is 343 g/mol. The summed E-state index contributed by atoms with van der Waals surface area (Å²) in [6, 6.07) is 8.81. The highest BCUT2D eigenvalue weighted by atomic mass is 16.5. The van der Waals surface area contributed by atoms with Crippen LogP contribution in [0.15, 0.2) is 42.7 Å². The van der Waals surface area contributed by atoms with E-state index in [0.29, 0.717) is 5.56 Å². The van der Waals surface area contributed by atoms with Gasteiger partial charge in [-0.05, 0) is 65.0 Å². The molecule has 0 aliphatic carbocycles. The van der Waals surface area contributed by atoms with Crippen molar-refractivity contribution in [3.63, 3.8) is 0 Å². The Morgan fingerprint density at radius 2 is 1.64 bits per heavy atom. The third-order valence-corrected chi connectivity index (χ3v) is 3.87. The number of ether oxygens (including phenoxy) is 1. The van der Waals surface area contributed by atoms with Crippen molar-refractivity contribution < 1.29 is 14.3 Å². The zero-order valence-electron chi connectivity index (χ0n) is 15.3. The minimum absolute atomic E-state index is 0.0435. The maximum Gasteiger partial charge on any atom is 0.338 e. The number of hydrogen-bond donors (Lipinski definition) is 0. The van der Waals surface area contributed by atoms with Crippen molar-refractivity contribution in [3.05, 3.63) is 48.3 Å². The fourth-order valence-corrected chi connectivity index (χ4v) is 2.77. The number of carbonyl (C=O) groups excluding carboxylic acids is 2. The Morgan fingerprint density at radius 3 is 2.12 bits per heavy atom. The van der Waals surface area contributed by atoms with Gasteiger partial charge in [-0.25, -0.2) is 9.48 Å². The summed E-state index contributed by atoms with van der Waals surface area (Å²) >= 11 is 0. The summed E-state index contributed by atoms with van der Waals surface area (Å²) < 4.78 is 7.06. The van der Waals surface area contributed by atoms with Crippen molar-refractivity contribution in [2.75, 3.05) is 0 Å². The van der Waals surface area contributed by atoms with Gasteiger partial charge >= 0.3 is 5.97 Å². The Kier molecular flexibility index (Phi) is 5.96. The first-order valence-corrected chi connectivity index (χ1v) is 8.44. The summed E-state index contributed by atoms with van der Waals surface area (Å²) in [7, 11) is 0. The molecule has 134 valence electrons. The summed E-state index contributed by atoms with van der Waals surface area (Å²) in [5.74, 6) is -0.702. The maximum atomic E-state index is 12.5. The quantitative estimate of drug-likeness (QED) is 0.756. The molecule has 0 saturated heterocycles. The monoisotopic (exact) mass is 343 g/mol. The Labute approximate surface area is 148 Å². The van der Waals surface area contributed by atoms with Crippen molar-refractivity contribution in [2.45, 2.75) is 52.8 Å². The van der Waals surface area contributed by atoms with E-state index >= 15 is 0 Å². The molecule has 0 radical (unpaired) electrons. The fraction of sp³-hybridized carbons (Fsp3) is 0.421. The van der Waals surface area contributed by atoms with E-state index in [0.717, 1.165) is 5.69 Å². The van der Waals surface area contributed by atoms with Crippen LogP contribution >= 0.6 is 0 Å². The molecule has 6 heteroatoms. The van der Waals surface area contributed by atoms with Crippen LogP contribution in [-0.2, 0) is 9.53 Å². The second-order valence-corrected chi connectivity index (χ2v) is 6.48. The molecule has 6 nitrogen and oxygen atoms in total. The molecule has 0 aliphatic heterocycles. The molecule has 25 heavy (non-hydrogen) atoms. The average Bonchev–Trinajstić information content (AvgIpc) is 3.08. The zero-order valence-corrected chi connectivity index (χ0v) is 15.3. The summed E-state index contributed by atoms with van der Waals surface area (Å²) in [5.41, 5.74) is 1.24. The van der Waals surface area contributed by atoms with Crippen LogP contribution in [0.25, 0.3) is 5.69 Å². The molecule has 1 amide bonds. The van der Waals surface area contributed by atoms with Gasteiger partial charge < -0.3 is 9.64 Å². The lowest BCUT2D eigenvalue weighted by atomic mass is 10.2. The molecule has 1 atom stereocenters. The van der Waals surface area contributed by atoms with E-state index in [1.54, 1.807) is 47.0 Å². The van der Waals surface area contributed by atoms with Gasteiger partial charge in [-0.2, -0.15) is 5.10 Å². The van der Waals surface area contributed by atoms with Crippen LogP contribution in [-0.4, -0.2) is 44.7 Å². The van der Waals surface area contributed by atoms with Crippen molar-refractivity contribution in [1.29, 1.82) is 0 Å². The van der Waals surface area contributed by atoms with Crippen molar-refractivity contribution in [2.24, 2.45) is 0 Å². The molecule has 0 fully saturated rings. The lowest BCUT2D eigenvalue weighted by Gasteiger charge is -2.32. The van der Waals surface area contributed by atoms with Gasteiger partial charge in [-0.1, -0.05) is 0 Å². The number of benzene rings is 1. The van der Waals surface area contributed by atoms with Gasteiger partial charge in [0.2, 0.25) is 0 Å². The van der Waals surface area contributed by atoms with E-state index in [2.05, 4.69) is 5.10 Å². The maximum absolute atomic E-state index is 12.5. The Bertz CT molecular complexity index is 698. The second kappa shape index (κ2) is 7.96. The predicted molar refractivity (Wildman–Crippen MR) is 95.6 cm³/mol. The minimum atomic E-state index is -0.830. The van der Waals surface area contributed by atoms with E-state index < -0.39 is 12.1 Å². The molecule has 2 aromatic rings. The molecule has 0 N–H and O–H groups in total. The van der Waals surface area contributed by atoms with Gasteiger partial charge in [0.1, 0.15) is 0 Å². The number of esters is 1. The summed E-state index contributed by atoms with van der Waals surface area (Å²) in [6.45, 7) is 9.39. The van der Waals surface area contributed by atoms with Gasteiger partial charge in [-0.15, -0.1) is 0 Å². The van der Waals surface area contributed by atoms with Gasteiger partial charge in [0.15, 0.2) is 6.10 Å². The summed E-state index contributed by atoms with van der Waals surface area (Å²) in [6.07, 6.45) is 2.67. The molecule has 0 bridgehead atoms. The molecule has 1 heterocycles. The number of carbonyl (C=O) groups is 2. The number of nitrogens with zero attached hydrogens (tertiary/aromatic N) is 3. The highest BCUT2D eigenvalue weighted by molar-refractivity contribution is 5.92. The molecule has 0 aliphatic rings. The first-order chi connectivity index (χ1) is 11.8. The van der Waals surface area contributed by atoms with Crippen LogP contribution in [0.1, 0.15) is 45.0 Å². The minimum Gasteiger partial charge on any atom is -0.449 e. The van der Waals surface area contributed by atoms with E-state index in [1.165, 1.54) is 0 Å². The van der Waals surface area contributed by atoms with E-state index in [1.807, 2.05) is 40.0 Å². The topological polar surface area (TPSA) is 64.4 Å². The van der Waals surface area contributed by atoms with E-state index in [-0.39, 0.29) is 18.0 Å². The summed E-state index contributed by atoms with van der Waals surface area (Å²) in [5, 5.41) is 4.14. The molecule has 1 unspecified atom stereocenters. The molecular weight excluding hydrogens is 318 g/mol. The zero-order chi connectivity index (χ0) is 18.6. The third kappa shape index (κ3) is 4.47. The van der Waals surface area contributed by atoms with Crippen molar-refractivity contribution in [1.82, 2.24) is 14.7 Å². The highest BCUT2D eigenvalue weighted by Gasteiger charge is 2.27. The van der Waals surface area contributed by atoms with E-state index in [9.17, 15) is 9.59 Å². The van der Waals surface area contributed by atoms with Crippen LogP contribution in [0.2, 0.25) is 0 Å². The lowest BCUT2D eigenvalue weighted by Crippen LogP contribution is -2.47. The Balaban J connectivity index is 2.04. The molecule has 0 spiro atoms. The standard InChI is InChI=1S/C19H25N3O3/c1-13(2)22(14(3)4)18(23)15(5)25-19(24)16-7-9-17(10-8-16)21-12-6-11-20-21/h6-15H,1-5H3. The van der Waals surface area contributed by atoms with Crippen molar-refractivity contribution in [3.8, 4) is 5.69 Å². The van der Waals surface area contributed by atoms with Crippen LogP contribution in [0, 0.1) is 0 Å². The lowest BCUT2D eigenvalue weighted by molar-refractivity contribution is -0.143. The molecule has 1 aromatic heterocycles. The molecular formula is C19H25N3O3. The summed E-state index contributed by atoms with van der Waals surface area (Å²) in [4.78, 5) is 26.6. The van der Waals surface area contributed by atoms with Gasteiger partial charge in [0.25, 0.3) is 5.91 Å². The first kappa shape index (κ1) is 18.7. The van der Waals surface area contributed by atoms with Crippen molar-refractivity contribution >= 4 is 11.9 Å². The largest absolute Gasteiger partial charge is 0.449 e. The van der Waals surface area contributed by atoms with Crippen LogP contribution in [0.3, 0.4) is 0 Å². The van der Waals surface area contributed by atoms with E-state index in [4.69, 9.17) is 4.74 Å². The fourth-order valence-electron chi connectivity index (χ4n) is 2.77. The molecule has 1 aromatic carbocycles. The normalized spacial score (nSPS) is 12.3. The number of rotatable bonds is 6.